The predicted molar refractivity (Wildman–Crippen MR) is 81.7 cm³/mol. The maximum atomic E-state index is 10.6. The molecular formula is C17H27NO2. The minimum absolute atomic E-state index is 0.176. The molecule has 1 aromatic carbocycles. The number of phenols is 1. The summed E-state index contributed by atoms with van der Waals surface area (Å²) in [4.78, 5) is 0. The number of aliphatic hydroxyl groups is 1. The van der Waals surface area contributed by atoms with Gasteiger partial charge in [-0.25, -0.2) is 0 Å². The van der Waals surface area contributed by atoms with Crippen LogP contribution in [-0.2, 0) is 0 Å². The van der Waals surface area contributed by atoms with Crippen LogP contribution in [0.25, 0.3) is 0 Å². The van der Waals surface area contributed by atoms with Crippen LogP contribution in [-0.4, -0.2) is 22.4 Å². The first-order chi connectivity index (χ1) is 9.30. The quantitative estimate of drug-likeness (QED) is 0.791. The Kier molecular flexibility index (Phi) is 4.40. The molecule has 3 N–H and O–H groups in total. The SMILES string of the molecule is CC(NCC1(O)CCC(C)(C)CC1)c1ccc(O)cc1. The topological polar surface area (TPSA) is 52.5 Å². The Labute approximate surface area is 122 Å². The molecule has 3 nitrogen and oxygen atoms in total. The zero-order chi connectivity index (χ0) is 14.8. The van der Waals surface area contributed by atoms with Gasteiger partial charge in [-0.15, -0.1) is 0 Å². The van der Waals surface area contributed by atoms with Gasteiger partial charge in [-0.05, 0) is 55.7 Å². The van der Waals surface area contributed by atoms with Gasteiger partial charge < -0.3 is 15.5 Å². The molecule has 0 heterocycles. The lowest BCUT2D eigenvalue weighted by atomic mass is 9.71. The molecule has 1 aliphatic carbocycles. The Morgan fingerprint density at radius 3 is 2.20 bits per heavy atom. The Morgan fingerprint density at radius 1 is 1.10 bits per heavy atom. The molecule has 0 amide bonds. The fraction of sp³-hybridized carbons (Fsp3) is 0.647. The zero-order valence-electron chi connectivity index (χ0n) is 12.8. The van der Waals surface area contributed by atoms with Crippen LogP contribution in [0.2, 0.25) is 0 Å². The van der Waals surface area contributed by atoms with Crippen LogP contribution >= 0.6 is 0 Å². The lowest BCUT2D eigenvalue weighted by Gasteiger charge is -2.40. The van der Waals surface area contributed by atoms with Crippen molar-refractivity contribution in [1.29, 1.82) is 0 Å². The summed E-state index contributed by atoms with van der Waals surface area (Å²) in [6, 6.07) is 7.41. The van der Waals surface area contributed by atoms with Gasteiger partial charge in [0.25, 0.3) is 0 Å². The first-order valence-electron chi connectivity index (χ1n) is 7.54. The maximum absolute atomic E-state index is 10.6. The number of benzene rings is 1. The van der Waals surface area contributed by atoms with E-state index in [-0.39, 0.29) is 11.8 Å². The van der Waals surface area contributed by atoms with E-state index in [1.807, 2.05) is 12.1 Å². The Balaban J connectivity index is 1.87. The highest BCUT2D eigenvalue weighted by Crippen LogP contribution is 2.40. The van der Waals surface area contributed by atoms with Crippen molar-refractivity contribution in [2.24, 2.45) is 5.41 Å². The van der Waals surface area contributed by atoms with E-state index in [0.717, 1.165) is 31.2 Å². The summed E-state index contributed by atoms with van der Waals surface area (Å²) in [6.45, 7) is 7.27. The molecule has 1 saturated carbocycles. The Hall–Kier alpha value is -1.06. The average molecular weight is 277 g/mol. The van der Waals surface area contributed by atoms with Gasteiger partial charge >= 0.3 is 0 Å². The zero-order valence-corrected chi connectivity index (χ0v) is 12.8. The fourth-order valence-electron chi connectivity index (χ4n) is 2.79. The number of aromatic hydroxyl groups is 1. The molecule has 0 spiro atoms. The lowest BCUT2D eigenvalue weighted by Crippen LogP contribution is -2.45. The second-order valence-electron chi connectivity index (χ2n) is 7.08. The maximum Gasteiger partial charge on any atom is 0.115 e. The van der Waals surface area contributed by atoms with Gasteiger partial charge in [-0.3, -0.25) is 0 Å². The van der Waals surface area contributed by atoms with Gasteiger partial charge in [-0.1, -0.05) is 26.0 Å². The lowest BCUT2D eigenvalue weighted by molar-refractivity contribution is -0.0258. The van der Waals surface area contributed by atoms with Crippen LogP contribution < -0.4 is 5.32 Å². The molecule has 0 bridgehead atoms. The van der Waals surface area contributed by atoms with Gasteiger partial charge in [0, 0.05) is 12.6 Å². The van der Waals surface area contributed by atoms with E-state index < -0.39 is 5.60 Å². The fourth-order valence-corrected chi connectivity index (χ4v) is 2.79. The molecule has 1 atom stereocenters. The Morgan fingerprint density at radius 2 is 1.65 bits per heavy atom. The smallest absolute Gasteiger partial charge is 0.115 e. The van der Waals surface area contributed by atoms with Crippen molar-refractivity contribution in [3.05, 3.63) is 29.8 Å². The molecule has 3 heteroatoms. The van der Waals surface area contributed by atoms with Crippen LogP contribution in [0, 0.1) is 5.41 Å². The van der Waals surface area contributed by atoms with Crippen molar-refractivity contribution in [3.63, 3.8) is 0 Å². The van der Waals surface area contributed by atoms with Crippen LogP contribution in [0.4, 0.5) is 0 Å². The molecule has 2 rings (SSSR count). The standard InChI is InChI=1S/C17H27NO2/c1-13(14-4-6-15(19)7-5-14)18-12-17(20)10-8-16(2,3)9-11-17/h4-7,13,18-20H,8-12H2,1-3H3. The van der Waals surface area contributed by atoms with Gasteiger partial charge in [0.1, 0.15) is 5.75 Å². The van der Waals surface area contributed by atoms with E-state index in [1.54, 1.807) is 12.1 Å². The first-order valence-corrected chi connectivity index (χ1v) is 7.54. The van der Waals surface area contributed by atoms with Crippen LogP contribution in [0.1, 0.15) is 58.1 Å². The molecule has 1 aromatic rings. The van der Waals surface area contributed by atoms with Gasteiger partial charge in [-0.2, -0.15) is 0 Å². The predicted octanol–water partition coefficient (Wildman–Crippen LogP) is 3.37. The second kappa shape index (κ2) is 5.74. The van der Waals surface area contributed by atoms with E-state index in [4.69, 9.17) is 0 Å². The average Bonchev–Trinajstić information content (AvgIpc) is 2.41. The Bertz CT molecular complexity index is 429. The van der Waals surface area contributed by atoms with Crippen molar-refractivity contribution < 1.29 is 10.2 Å². The van der Waals surface area contributed by atoms with Crippen molar-refractivity contribution in [3.8, 4) is 5.75 Å². The number of nitrogens with one attached hydrogen (secondary N) is 1. The van der Waals surface area contributed by atoms with E-state index in [2.05, 4.69) is 26.1 Å². The van der Waals surface area contributed by atoms with Gasteiger partial charge in [0.2, 0.25) is 0 Å². The third kappa shape index (κ3) is 3.97. The summed E-state index contributed by atoms with van der Waals surface area (Å²) in [5.74, 6) is 0.286. The first kappa shape index (κ1) is 15.3. The van der Waals surface area contributed by atoms with Gasteiger partial charge in [0.05, 0.1) is 5.60 Å². The summed E-state index contributed by atoms with van der Waals surface area (Å²) in [6.07, 6.45) is 3.90. The molecule has 0 aliphatic heterocycles. The van der Waals surface area contributed by atoms with E-state index in [1.165, 1.54) is 0 Å². The summed E-state index contributed by atoms with van der Waals surface area (Å²) in [5, 5.41) is 23.4. The monoisotopic (exact) mass is 277 g/mol. The molecule has 1 fully saturated rings. The third-order valence-electron chi connectivity index (χ3n) is 4.66. The summed E-state index contributed by atoms with van der Waals surface area (Å²) in [7, 11) is 0. The van der Waals surface area contributed by atoms with E-state index >= 15 is 0 Å². The summed E-state index contributed by atoms with van der Waals surface area (Å²) < 4.78 is 0. The minimum Gasteiger partial charge on any atom is -0.508 e. The summed E-state index contributed by atoms with van der Waals surface area (Å²) in [5.41, 5.74) is 0.928. The van der Waals surface area contributed by atoms with E-state index in [0.29, 0.717) is 12.0 Å². The highest BCUT2D eigenvalue weighted by molar-refractivity contribution is 5.27. The highest BCUT2D eigenvalue weighted by atomic mass is 16.3. The van der Waals surface area contributed by atoms with Gasteiger partial charge in [0.15, 0.2) is 0 Å². The molecule has 0 saturated heterocycles. The largest absolute Gasteiger partial charge is 0.508 e. The van der Waals surface area contributed by atoms with Crippen molar-refractivity contribution >= 4 is 0 Å². The molecule has 1 unspecified atom stereocenters. The van der Waals surface area contributed by atoms with Crippen molar-refractivity contribution in [2.75, 3.05) is 6.54 Å². The van der Waals surface area contributed by atoms with Crippen LogP contribution in [0.5, 0.6) is 5.75 Å². The number of phenolic OH excluding ortho intramolecular Hbond substituents is 1. The number of hydrogen-bond acceptors (Lipinski definition) is 3. The molecule has 0 radical (unpaired) electrons. The third-order valence-corrected chi connectivity index (χ3v) is 4.66. The molecular weight excluding hydrogens is 250 g/mol. The summed E-state index contributed by atoms with van der Waals surface area (Å²) >= 11 is 0. The normalized spacial score (nSPS) is 22.4. The molecule has 112 valence electrons. The van der Waals surface area contributed by atoms with Crippen LogP contribution in [0.15, 0.2) is 24.3 Å². The van der Waals surface area contributed by atoms with Crippen molar-refractivity contribution in [1.82, 2.24) is 5.32 Å². The molecule has 0 aromatic heterocycles. The van der Waals surface area contributed by atoms with E-state index in [9.17, 15) is 10.2 Å². The van der Waals surface area contributed by atoms with Crippen LogP contribution in [0.3, 0.4) is 0 Å². The molecule has 20 heavy (non-hydrogen) atoms. The second-order valence-corrected chi connectivity index (χ2v) is 7.08. The highest BCUT2D eigenvalue weighted by Gasteiger charge is 2.36. The number of rotatable bonds is 4. The number of hydrogen-bond donors (Lipinski definition) is 3. The van der Waals surface area contributed by atoms with Crippen molar-refractivity contribution in [2.45, 2.75) is 58.1 Å². The molecule has 1 aliphatic rings. The minimum atomic E-state index is -0.569.